The molecule has 0 spiro atoms. The van der Waals surface area contributed by atoms with E-state index in [1.54, 1.807) is 29.7 Å². The van der Waals surface area contributed by atoms with E-state index in [0.29, 0.717) is 19.6 Å². The fraction of sp³-hybridized carbons (Fsp3) is 0.240. The van der Waals surface area contributed by atoms with E-state index in [1.807, 2.05) is 54.6 Å². The molecule has 3 heterocycles. The van der Waals surface area contributed by atoms with Crippen LogP contribution in [0.5, 0.6) is 0 Å². The predicted molar refractivity (Wildman–Crippen MR) is 121 cm³/mol. The second kappa shape index (κ2) is 10.4. The van der Waals surface area contributed by atoms with Gasteiger partial charge < -0.3 is 4.90 Å². The molecule has 3 aromatic rings. The van der Waals surface area contributed by atoms with Gasteiger partial charge in [-0.3, -0.25) is 19.6 Å². The van der Waals surface area contributed by atoms with Crippen LogP contribution < -0.4 is 0 Å². The highest BCUT2D eigenvalue weighted by Crippen LogP contribution is 2.16. The summed E-state index contributed by atoms with van der Waals surface area (Å²) >= 11 is 0. The molecule has 1 aliphatic rings. The molecule has 7 heteroatoms. The van der Waals surface area contributed by atoms with E-state index in [-0.39, 0.29) is 24.7 Å². The van der Waals surface area contributed by atoms with Gasteiger partial charge in [-0.25, -0.2) is 5.01 Å². The summed E-state index contributed by atoms with van der Waals surface area (Å²) in [4.78, 5) is 35.7. The summed E-state index contributed by atoms with van der Waals surface area (Å²) in [7, 11) is 0. The molecule has 4 rings (SSSR count). The third kappa shape index (κ3) is 5.63. The molecule has 0 bridgehead atoms. The predicted octanol–water partition coefficient (Wildman–Crippen LogP) is 3.42. The van der Waals surface area contributed by atoms with E-state index in [4.69, 9.17) is 0 Å². The zero-order valence-corrected chi connectivity index (χ0v) is 17.8. The Morgan fingerprint density at radius 3 is 2.38 bits per heavy atom. The summed E-state index contributed by atoms with van der Waals surface area (Å²) in [6.45, 7) is 1.43. The van der Waals surface area contributed by atoms with Crippen molar-refractivity contribution in [2.75, 3.05) is 6.54 Å². The van der Waals surface area contributed by atoms with Crippen molar-refractivity contribution < 1.29 is 9.59 Å². The summed E-state index contributed by atoms with van der Waals surface area (Å²) in [6, 6.07) is 17.4. The topological polar surface area (TPSA) is 78.8 Å². The number of hydrogen-bond donors (Lipinski definition) is 0. The number of hydrazone groups is 1. The third-order valence-electron chi connectivity index (χ3n) is 5.32. The first-order valence-electron chi connectivity index (χ1n) is 10.7. The van der Waals surface area contributed by atoms with Crippen LogP contribution in [0.4, 0.5) is 0 Å². The molecule has 0 fully saturated rings. The Balaban J connectivity index is 1.38. The van der Waals surface area contributed by atoms with E-state index in [2.05, 4.69) is 15.1 Å². The molecule has 1 aromatic carbocycles. The molecule has 162 valence electrons. The number of benzene rings is 1. The first-order chi connectivity index (χ1) is 15.7. The highest BCUT2D eigenvalue weighted by Gasteiger charge is 2.23. The Morgan fingerprint density at radius 2 is 1.62 bits per heavy atom. The minimum absolute atomic E-state index is 0.0783. The average Bonchev–Trinajstić information content (AvgIpc) is 3.34. The summed E-state index contributed by atoms with van der Waals surface area (Å²) < 4.78 is 0. The highest BCUT2D eigenvalue weighted by atomic mass is 16.2. The number of nitrogens with zero attached hydrogens (tertiary/aromatic N) is 5. The van der Waals surface area contributed by atoms with Crippen LogP contribution in [0.2, 0.25) is 0 Å². The number of carbonyl (C=O) groups excluding carboxylic acids is 2. The molecular formula is C25H25N5O2. The molecule has 7 nitrogen and oxygen atoms in total. The summed E-state index contributed by atoms with van der Waals surface area (Å²) in [5, 5.41) is 5.97. The summed E-state index contributed by atoms with van der Waals surface area (Å²) in [5.74, 6) is -0.208. The Kier molecular flexibility index (Phi) is 6.97. The normalized spacial score (nSPS) is 13.0. The number of pyridine rings is 2. The lowest BCUT2D eigenvalue weighted by Gasteiger charge is -2.23. The monoisotopic (exact) mass is 427 g/mol. The van der Waals surface area contributed by atoms with Crippen molar-refractivity contribution in [1.82, 2.24) is 19.9 Å². The second-order valence-electron chi connectivity index (χ2n) is 7.65. The van der Waals surface area contributed by atoms with Crippen molar-refractivity contribution in [3.05, 3.63) is 96.1 Å². The van der Waals surface area contributed by atoms with Crippen LogP contribution >= 0.6 is 0 Å². The quantitative estimate of drug-likeness (QED) is 0.552. The Labute approximate surface area is 187 Å². The van der Waals surface area contributed by atoms with Gasteiger partial charge in [0.1, 0.15) is 0 Å². The SMILES string of the molecule is O=C(CCC(=O)N1CCC(c2ccccc2)=N1)N(Cc1ccncc1)Cc1cccnc1. The van der Waals surface area contributed by atoms with E-state index in [9.17, 15) is 9.59 Å². The minimum atomic E-state index is -0.130. The zero-order valence-electron chi connectivity index (χ0n) is 17.8. The van der Waals surface area contributed by atoms with Crippen molar-refractivity contribution in [1.29, 1.82) is 0 Å². The van der Waals surface area contributed by atoms with Gasteiger partial charge in [0, 0.05) is 57.1 Å². The van der Waals surface area contributed by atoms with Gasteiger partial charge in [-0.1, -0.05) is 36.4 Å². The molecule has 2 aromatic heterocycles. The molecule has 0 aliphatic carbocycles. The smallest absolute Gasteiger partial charge is 0.243 e. The number of rotatable bonds is 8. The fourth-order valence-electron chi connectivity index (χ4n) is 3.62. The maximum Gasteiger partial charge on any atom is 0.243 e. The van der Waals surface area contributed by atoms with E-state index < -0.39 is 0 Å². The molecular weight excluding hydrogens is 402 g/mol. The van der Waals surface area contributed by atoms with Crippen LogP contribution in [0, 0.1) is 0 Å². The number of hydrogen-bond acceptors (Lipinski definition) is 5. The maximum absolute atomic E-state index is 13.0. The van der Waals surface area contributed by atoms with Crippen molar-refractivity contribution in [2.45, 2.75) is 32.4 Å². The largest absolute Gasteiger partial charge is 0.334 e. The highest BCUT2D eigenvalue weighted by molar-refractivity contribution is 6.02. The van der Waals surface area contributed by atoms with Gasteiger partial charge in [0.2, 0.25) is 11.8 Å². The van der Waals surface area contributed by atoms with E-state index in [1.165, 1.54) is 5.01 Å². The molecule has 0 saturated heterocycles. The standard InChI is InChI=1S/C25H25N5O2/c31-24(8-9-25(32)30-16-12-23(28-30)22-6-2-1-3-7-22)29(18-20-10-14-26-15-11-20)19-21-5-4-13-27-17-21/h1-7,10-11,13-15,17H,8-9,12,16,18-19H2. The van der Waals surface area contributed by atoms with Gasteiger partial charge >= 0.3 is 0 Å². The molecule has 2 amide bonds. The van der Waals surface area contributed by atoms with Gasteiger partial charge in [-0.2, -0.15) is 5.10 Å². The van der Waals surface area contributed by atoms with E-state index >= 15 is 0 Å². The van der Waals surface area contributed by atoms with Gasteiger partial charge in [0.05, 0.1) is 12.3 Å². The number of aromatic nitrogens is 2. The van der Waals surface area contributed by atoms with Gasteiger partial charge in [0.15, 0.2) is 0 Å². The van der Waals surface area contributed by atoms with Crippen LogP contribution in [0.3, 0.4) is 0 Å². The molecule has 1 aliphatic heterocycles. The van der Waals surface area contributed by atoms with Crippen molar-refractivity contribution >= 4 is 17.5 Å². The van der Waals surface area contributed by atoms with Crippen LogP contribution in [-0.4, -0.2) is 43.9 Å². The summed E-state index contributed by atoms with van der Waals surface area (Å²) in [6.07, 6.45) is 7.86. The van der Waals surface area contributed by atoms with Gasteiger partial charge in [0.25, 0.3) is 0 Å². The van der Waals surface area contributed by atoms with Crippen molar-refractivity contribution in [3.8, 4) is 0 Å². The number of carbonyl (C=O) groups is 2. The zero-order chi connectivity index (χ0) is 22.2. The second-order valence-corrected chi connectivity index (χ2v) is 7.65. The number of amides is 2. The first-order valence-corrected chi connectivity index (χ1v) is 10.7. The van der Waals surface area contributed by atoms with Crippen LogP contribution in [-0.2, 0) is 22.7 Å². The van der Waals surface area contributed by atoms with Crippen molar-refractivity contribution in [2.24, 2.45) is 5.10 Å². The molecule has 0 radical (unpaired) electrons. The van der Waals surface area contributed by atoms with Crippen LogP contribution in [0.15, 0.2) is 84.5 Å². The summed E-state index contributed by atoms with van der Waals surface area (Å²) in [5.41, 5.74) is 3.86. The Hall–Kier alpha value is -3.87. The first kappa shape index (κ1) is 21.4. The van der Waals surface area contributed by atoms with Gasteiger partial charge in [-0.15, -0.1) is 0 Å². The molecule has 0 saturated carbocycles. The lowest BCUT2D eigenvalue weighted by molar-refractivity contribution is -0.137. The Morgan fingerprint density at radius 1 is 0.844 bits per heavy atom. The minimum Gasteiger partial charge on any atom is -0.334 e. The molecule has 0 N–H and O–H groups in total. The van der Waals surface area contributed by atoms with E-state index in [0.717, 1.165) is 28.8 Å². The van der Waals surface area contributed by atoms with Crippen LogP contribution in [0.25, 0.3) is 0 Å². The molecule has 32 heavy (non-hydrogen) atoms. The fourth-order valence-corrected chi connectivity index (χ4v) is 3.62. The lowest BCUT2D eigenvalue weighted by Crippen LogP contribution is -2.32. The van der Waals surface area contributed by atoms with Gasteiger partial charge in [-0.05, 0) is 34.9 Å². The maximum atomic E-state index is 13.0. The average molecular weight is 428 g/mol. The van der Waals surface area contributed by atoms with Crippen molar-refractivity contribution in [3.63, 3.8) is 0 Å². The molecule has 0 atom stereocenters. The van der Waals surface area contributed by atoms with Crippen LogP contribution in [0.1, 0.15) is 36.0 Å². The lowest BCUT2D eigenvalue weighted by atomic mass is 10.1. The Bertz CT molecular complexity index is 1030. The molecule has 0 unspecified atom stereocenters. The third-order valence-corrected chi connectivity index (χ3v) is 5.32.